The van der Waals surface area contributed by atoms with E-state index >= 15 is 0 Å². The standard InChI is InChI=1S/C14H22BrNO2/c1-5-8-17-13-7-6-12(15)9-11(13)10-16-18-14(2,3)4/h6-7,9,16H,5,8,10H2,1-4H3. The van der Waals surface area contributed by atoms with Crippen molar-refractivity contribution in [2.24, 2.45) is 0 Å². The van der Waals surface area contributed by atoms with Crippen LogP contribution in [0, 0.1) is 0 Å². The summed E-state index contributed by atoms with van der Waals surface area (Å²) in [7, 11) is 0. The Balaban J connectivity index is 2.64. The largest absolute Gasteiger partial charge is 0.493 e. The predicted molar refractivity (Wildman–Crippen MR) is 77.6 cm³/mol. The fourth-order valence-electron chi connectivity index (χ4n) is 1.37. The van der Waals surface area contributed by atoms with Crippen LogP contribution in [0.2, 0.25) is 0 Å². The van der Waals surface area contributed by atoms with Gasteiger partial charge in [-0.25, -0.2) is 0 Å². The lowest BCUT2D eigenvalue weighted by atomic mass is 10.2. The minimum Gasteiger partial charge on any atom is -0.493 e. The maximum absolute atomic E-state index is 5.71. The van der Waals surface area contributed by atoms with E-state index in [4.69, 9.17) is 9.57 Å². The van der Waals surface area contributed by atoms with E-state index in [9.17, 15) is 0 Å². The van der Waals surface area contributed by atoms with Crippen molar-refractivity contribution in [3.8, 4) is 5.75 Å². The summed E-state index contributed by atoms with van der Waals surface area (Å²) >= 11 is 3.47. The van der Waals surface area contributed by atoms with Crippen molar-refractivity contribution in [3.63, 3.8) is 0 Å². The molecule has 102 valence electrons. The molecule has 0 amide bonds. The third-order valence-corrected chi connectivity index (χ3v) is 2.62. The number of benzene rings is 1. The number of halogens is 1. The first kappa shape index (κ1) is 15.5. The van der Waals surface area contributed by atoms with Gasteiger partial charge in [-0.15, -0.1) is 0 Å². The van der Waals surface area contributed by atoms with Crippen molar-refractivity contribution in [3.05, 3.63) is 28.2 Å². The van der Waals surface area contributed by atoms with Gasteiger partial charge >= 0.3 is 0 Å². The van der Waals surface area contributed by atoms with E-state index < -0.39 is 0 Å². The second-order valence-corrected chi connectivity index (χ2v) is 6.05. The summed E-state index contributed by atoms with van der Waals surface area (Å²) in [5.74, 6) is 0.907. The zero-order valence-electron chi connectivity index (χ0n) is 11.5. The highest BCUT2D eigenvalue weighted by atomic mass is 79.9. The van der Waals surface area contributed by atoms with E-state index in [0.717, 1.165) is 28.8 Å². The smallest absolute Gasteiger partial charge is 0.123 e. The molecule has 0 bridgehead atoms. The summed E-state index contributed by atoms with van der Waals surface area (Å²) in [5, 5.41) is 0. The van der Waals surface area contributed by atoms with Crippen molar-refractivity contribution in [1.29, 1.82) is 0 Å². The molecule has 0 spiro atoms. The van der Waals surface area contributed by atoms with Gasteiger partial charge in [-0.1, -0.05) is 22.9 Å². The molecule has 0 aliphatic carbocycles. The van der Waals surface area contributed by atoms with Gasteiger partial charge in [0, 0.05) is 16.6 Å². The van der Waals surface area contributed by atoms with E-state index in [0.29, 0.717) is 6.54 Å². The molecule has 1 aromatic carbocycles. The van der Waals surface area contributed by atoms with Crippen molar-refractivity contribution < 1.29 is 9.57 Å². The summed E-state index contributed by atoms with van der Waals surface area (Å²) in [5.41, 5.74) is 3.87. The molecule has 18 heavy (non-hydrogen) atoms. The molecule has 1 aromatic rings. The van der Waals surface area contributed by atoms with Crippen molar-refractivity contribution in [2.45, 2.75) is 46.3 Å². The van der Waals surface area contributed by atoms with Crippen LogP contribution in [0.3, 0.4) is 0 Å². The monoisotopic (exact) mass is 315 g/mol. The molecule has 0 aliphatic heterocycles. The van der Waals surface area contributed by atoms with Crippen LogP contribution in [0.25, 0.3) is 0 Å². The number of ether oxygens (including phenoxy) is 1. The molecule has 1 rings (SSSR count). The third kappa shape index (κ3) is 5.85. The highest BCUT2D eigenvalue weighted by molar-refractivity contribution is 9.10. The summed E-state index contributed by atoms with van der Waals surface area (Å²) in [4.78, 5) is 5.51. The van der Waals surface area contributed by atoms with Crippen LogP contribution >= 0.6 is 15.9 Å². The van der Waals surface area contributed by atoms with E-state index in [-0.39, 0.29) is 5.60 Å². The van der Waals surface area contributed by atoms with Crippen LogP contribution in [-0.4, -0.2) is 12.2 Å². The Kier molecular flexibility index (Phi) is 6.12. The van der Waals surface area contributed by atoms with Gasteiger partial charge in [-0.05, 0) is 45.4 Å². The number of nitrogens with one attached hydrogen (secondary N) is 1. The van der Waals surface area contributed by atoms with Gasteiger partial charge < -0.3 is 4.74 Å². The lowest BCUT2D eigenvalue weighted by Gasteiger charge is -2.20. The van der Waals surface area contributed by atoms with Crippen LogP contribution in [0.5, 0.6) is 5.75 Å². The van der Waals surface area contributed by atoms with Gasteiger partial charge in [0.1, 0.15) is 5.75 Å². The van der Waals surface area contributed by atoms with Crippen LogP contribution in [0.15, 0.2) is 22.7 Å². The SMILES string of the molecule is CCCOc1ccc(Br)cc1CNOC(C)(C)C. The molecule has 0 heterocycles. The number of hydrogen-bond acceptors (Lipinski definition) is 3. The third-order valence-electron chi connectivity index (χ3n) is 2.13. The normalized spacial score (nSPS) is 11.6. The van der Waals surface area contributed by atoms with E-state index in [1.807, 2.05) is 39.0 Å². The Hall–Kier alpha value is -0.580. The first-order valence-electron chi connectivity index (χ1n) is 6.24. The van der Waals surface area contributed by atoms with Crippen molar-refractivity contribution in [1.82, 2.24) is 5.48 Å². The van der Waals surface area contributed by atoms with Crippen molar-refractivity contribution in [2.75, 3.05) is 6.61 Å². The fraction of sp³-hybridized carbons (Fsp3) is 0.571. The van der Waals surface area contributed by atoms with Gasteiger partial charge in [0.15, 0.2) is 0 Å². The predicted octanol–water partition coefficient (Wildman–Crippen LogP) is 4.06. The molecule has 4 heteroatoms. The molecule has 0 saturated carbocycles. The molecule has 0 saturated heterocycles. The molecule has 0 aliphatic rings. The quantitative estimate of drug-likeness (QED) is 0.803. The average Bonchev–Trinajstić information content (AvgIpc) is 2.26. The van der Waals surface area contributed by atoms with Gasteiger partial charge in [0.05, 0.1) is 12.2 Å². The summed E-state index contributed by atoms with van der Waals surface area (Å²) in [6, 6.07) is 6.01. The molecule has 0 fully saturated rings. The molecule has 0 unspecified atom stereocenters. The second kappa shape index (κ2) is 7.12. The highest BCUT2D eigenvalue weighted by Gasteiger charge is 2.11. The second-order valence-electron chi connectivity index (χ2n) is 5.14. The van der Waals surface area contributed by atoms with E-state index in [1.54, 1.807) is 0 Å². The van der Waals surface area contributed by atoms with Crippen LogP contribution in [0.4, 0.5) is 0 Å². The lowest BCUT2D eigenvalue weighted by Crippen LogP contribution is -2.28. The van der Waals surface area contributed by atoms with Crippen LogP contribution in [0.1, 0.15) is 39.7 Å². The van der Waals surface area contributed by atoms with Gasteiger partial charge in [0.2, 0.25) is 0 Å². The Morgan fingerprint density at radius 2 is 2.00 bits per heavy atom. The first-order valence-corrected chi connectivity index (χ1v) is 7.04. The summed E-state index contributed by atoms with van der Waals surface area (Å²) in [6.07, 6.45) is 1.00. The Morgan fingerprint density at radius 3 is 2.61 bits per heavy atom. The molecular formula is C14H22BrNO2. The minimum absolute atomic E-state index is 0.198. The van der Waals surface area contributed by atoms with Crippen LogP contribution < -0.4 is 10.2 Å². The number of rotatable bonds is 6. The van der Waals surface area contributed by atoms with Gasteiger partial charge in [-0.3, -0.25) is 4.84 Å². The average molecular weight is 316 g/mol. The van der Waals surface area contributed by atoms with Crippen LogP contribution in [-0.2, 0) is 11.4 Å². The molecular weight excluding hydrogens is 294 g/mol. The molecule has 0 aromatic heterocycles. The topological polar surface area (TPSA) is 30.5 Å². The van der Waals surface area contributed by atoms with E-state index in [2.05, 4.69) is 28.3 Å². The van der Waals surface area contributed by atoms with Gasteiger partial charge in [-0.2, -0.15) is 5.48 Å². The highest BCUT2D eigenvalue weighted by Crippen LogP contribution is 2.23. The molecule has 3 nitrogen and oxygen atoms in total. The molecule has 1 N–H and O–H groups in total. The number of hydroxylamine groups is 1. The maximum Gasteiger partial charge on any atom is 0.123 e. The fourth-order valence-corrected chi connectivity index (χ4v) is 1.78. The van der Waals surface area contributed by atoms with Gasteiger partial charge in [0.25, 0.3) is 0 Å². The first-order chi connectivity index (χ1) is 8.42. The molecule has 0 atom stereocenters. The summed E-state index contributed by atoms with van der Waals surface area (Å²) < 4.78 is 6.75. The number of hydrogen-bond donors (Lipinski definition) is 1. The summed E-state index contributed by atoms with van der Waals surface area (Å²) in [6.45, 7) is 9.48. The Bertz CT molecular complexity index is 375. The lowest BCUT2D eigenvalue weighted by molar-refractivity contribution is -0.0759. The zero-order chi connectivity index (χ0) is 13.6. The Morgan fingerprint density at radius 1 is 1.28 bits per heavy atom. The molecule has 0 radical (unpaired) electrons. The van der Waals surface area contributed by atoms with E-state index in [1.165, 1.54) is 0 Å². The zero-order valence-corrected chi connectivity index (χ0v) is 13.1. The maximum atomic E-state index is 5.71. The Labute approximate surface area is 118 Å². The van der Waals surface area contributed by atoms with Crippen molar-refractivity contribution >= 4 is 15.9 Å². The minimum atomic E-state index is -0.198.